The van der Waals surface area contributed by atoms with E-state index in [2.05, 4.69) is 5.16 Å². The minimum Gasteiger partial charge on any atom is -0.494 e. The van der Waals surface area contributed by atoms with Crippen molar-refractivity contribution >= 4 is 34.3 Å². The average Bonchev–Trinajstić information content (AvgIpc) is 3.31. The highest BCUT2D eigenvalue weighted by Crippen LogP contribution is 2.42. The molecule has 32 heavy (non-hydrogen) atoms. The third-order valence-electron chi connectivity index (χ3n) is 5.50. The Hall–Kier alpha value is -3.58. The molecule has 7 nitrogen and oxygen atoms in total. The number of carbonyl (C=O) groups excluding carboxylic acids is 1. The van der Waals surface area contributed by atoms with Gasteiger partial charge >= 0.3 is 0 Å². The quantitative estimate of drug-likeness (QED) is 0.424. The van der Waals surface area contributed by atoms with Crippen molar-refractivity contribution in [3.8, 4) is 5.75 Å². The second-order valence-corrected chi connectivity index (χ2v) is 8.06. The molecule has 4 aromatic rings. The number of benzene rings is 2. The number of anilines is 1. The Morgan fingerprint density at radius 1 is 1.16 bits per heavy atom. The van der Waals surface area contributed by atoms with Gasteiger partial charge < -0.3 is 13.7 Å². The lowest BCUT2D eigenvalue weighted by Gasteiger charge is -2.22. The number of carbonyl (C=O) groups is 1. The summed E-state index contributed by atoms with van der Waals surface area (Å²) >= 11 is 6.28. The zero-order chi connectivity index (χ0) is 22.6. The summed E-state index contributed by atoms with van der Waals surface area (Å²) in [6.07, 6.45) is 0. The molecule has 1 atom stereocenters. The molecule has 1 aliphatic rings. The first-order valence-electron chi connectivity index (χ1n) is 10.2. The highest BCUT2D eigenvalue weighted by atomic mass is 35.5. The van der Waals surface area contributed by atoms with E-state index in [-0.39, 0.29) is 16.8 Å². The molecule has 1 amide bonds. The monoisotopic (exact) mass is 450 g/mol. The van der Waals surface area contributed by atoms with Gasteiger partial charge in [-0.2, -0.15) is 0 Å². The number of aryl methyl sites for hydroxylation is 2. The van der Waals surface area contributed by atoms with E-state index >= 15 is 0 Å². The van der Waals surface area contributed by atoms with E-state index in [1.165, 1.54) is 4.90 Å². The Balaban J connectivity index is 1.80. The Bertz CT molecular complexity index is 1440. The maximum atomic E-state index is 13.6. The number of aromatic nitrogens is 1. The summed E-state index contributed by atoms with van der Waals surface area (Å²) in [5.41, 5.74) is 1.66. The number of hydrogen-bond acceptors (Lipinski definition) is 6. The number of rotatable bonds is 4. The number of amides is 1. The molecular weight excluding hydrogens is 432 g/mol. The zero-order valence-electron chi connectivity index (χ0n) is 17.6. The third kappa shape index (κ3) is 3.08. The van der Waals surface area contributed by atoms with Crippen LogP contribution in [0.1, 0.15) is 46.0 Å². The van der Waals surface area contributed by atoms with Crippen LogP contribution in [0.5, 0.6) is 5.75 Å². The summed E-state index contributed by atoms with van der Waals surface area (Å²) in [5.74, 6) is 0.982. The minimum absolute atomic E-state index is 0.0170. The van der Waals surface area contributed by atoms with E-state index < -0.39 is 11.9 Å². The molecule has 2 aromatic carbocycles. The predicted molar refractivity (Wildman–Crippen MR) is 120 cm³/mol. The average molecular weight is 451 g/mol. The van der Waals surface area contributed by atoms with Crippen LogP contribution < -0.4 is 15.1 Å². The van der Waals surface area contributed by atoms with Crippen LogP contribution in [0.4, 0.5) is 5.82 Å². The minimum atomic E-state index is -0.761. The van der Waals surface area contributed by atoms with Crippen molar-refractivity contribution < 1.29 is 18.5 Å². The second-order valence-electron chi connectivity index (χ2n) is 7.65. The first-order chi connectivity index (χ1) is 15.4. The highest BCUT2D eigenvalue weighted by Gasteiger charge is 2.45. The van der Waals surface area contributed by atoms with E-state index in [1.807, 2.05) is 38.1 Å². The van der Waals surface area contributed by atoms with Crippen molar-refractivity contribution in [2.75, 3.05) is 11.5 Å². The standard InChI is InChI=1S/C24H19ClN2O5/c1-4-30-15-7-5-6-14(10-15)21-20-22(28)16-11-17(25)12(2)8-18(16)31-23(20)24(29)27(21)19-9-13(3)32-26-19/h5-11,21H,4H2,1-3H3. The van der Waals surface area contributed by atoms with Gasteiger partial charge in [0.05, 0.1) is 23.6 Å². The lowest BCUT2D eigenvalue weighted by atomic mass is 9.98. The van der Waals surface area contributed by atoms with E-state index in [4.69, 9.17) is 25.3 Å². The van der Waals surface area contributed by atoms with Crippen LogP contribution >= 0.6 is 11.6 Å². The third-order valence-corrected chi connectivity index (χ3v) is 5.91. The van der Waals surface area contributed by atoms with Gasteiger partial charge in [-0.15, -0.1) is 0 Å². The van der Waals surface area contributed by atoms with Crippen LogP contribution in [-0.4, -0.2) is 17.7 Å². The topological polar surface area (TPSA) is 85.8 Å². The molecule has 0 saturated carbocycles. The molecule has 0 fully saturated rings. The fraction of sp³-hybridized carbons (Fsp3) is 0.208. The lowest BCUT2D eigenvalue weighted by molar-refractivity contribution is 0.0969. The van der Waals surface area contributed by atoms with Gasteiger partial charge in [-0.3, -0.25) is 14.5 Å². The smallest absolute Gasteiger partial charge is 0.296 e. The molecule has 0 radical (unpaired) electrons. The molecule has 0 spiro atoms. The number of ether oxygens (including phenoxy) is 1. The summed E-state index contributed by atoms with van der Waals surface area (Å²) in [7, 11) is 0. The van der Waals surface area contributed by atoms with Crippen LogP contribution in [0.3, 0.4) is 0 Å². The predicted octanol–water partition coefficient (Wildman–Crippen LogP) is 5.20. The maximum Gasteiger partial charge on any atom is 0.296 e. The van der Waals surface area contributed by atoms with E-state index in [1.54, 1.807) is 25.1 Å². The van der Waals surface area contributed by atoms with Gasteiger partial charge in [-0.05, 0) is 56.2 Å². The van der Waals surface area contributed by atoms with Crippen LogP contribution in [-0.2, 0) is 0 Å². The number of halogens is 1. The largest absolute Gasteiger partial charge is 0.494 e. The molecule has 2 aromatic heterocycles. The fourth-order valence-corrected chi connectivity index (χ4v) is 4.22. The summed E-state index contributed by atoms with van der Waals surface area (Å²) in [6, 6.07) is 11.4. The van der Waals surface area contributed by atoms with E-state index in [9.17, 15) is 9.59 Å². The zero-order valence-corrected chi connectivity index (χ0v) is 18.4. The van der Waals surface area contributed by atoms with Crippen molar-refractivity contribution in [2.24, 2.45) is 0 Å². The molecular formula is C24H19ClN2O5. The maximum absolute atomic E-state index is 13.6. The molecule has 1 aliphatic heterocycles. The van der Waals surface area contributed by atoms with E-state index in [0.29, 0.717) is 45.5 Å². The van der Waals surface area contributed by atoms with Gasteiger partial charge in [-0.25, -0.2) is 0 Å². The lowest BCUT2D eigenvalue weighted by Crippen LogP contribution is -2.29. The Labute approximate surface area is 188 Å². The van der Waals surface area contributed by atoms with Crippen molar-refractivity contribution in [1.82, 2.24) is 5.16 Å². The van der Waals surface area contributed by atoms with Crippen molar-refractivity contribution in [1.29, 1.82) is 0 Å². The normalized spacial score (nSPS) is 15.4. The van der Waals surface area contributed by atoms with Crippen molar-refractivity contribution in [3.63, 3.8) is 0 Å². The molecule has 0 saturated heterocycles. The van der Waals surface area contributed by atoms with Crippen LogP contribution in [0, 0.1) is 13.8 Å². The molecule has 8 heteroatoms. The summed E-state index contributed by atoms with van der Waals surface area (Å²) in [4.78, 5) is 28.6. The van der Waals surface area contributed by atoms with Gasteiger partial charge in [0.15, 0.2) is 11.2 Å². The second kappa shape index (κ2) is 7.53. The molecule has 1 unspecified atom stereocenters. The highest BCUT2D eigenvalue weighted by molar-refractivity contribution is 6.32. The summed E-state index contributed by atoms with van der Waals surface area (Å²) < 4.78 is 16.8. The van der Waals surface area contributed by atoms with Crippen molar-refractivity contribution in [3.05, 3.63) is 85.9 Å². The van der Waals surface area contributed by atoms with E-state index in [0.717, 1.165) is 5.56 Å². The SMILES string of the molecule is CCOc1cccc(C2c3c(oc4cc(C)c(Cl)cc4c3=O)C(=O)N2c2cc(C)on2)c1. The Morgan fingerprint density at radius 3 is 2.69 bits per heavy atom. The first-order valence-corrected chi connectivity index (χ1v) is 10.5. The molecule has 0 bridgehead atoms. The van der Waals surface area contributed by atoms with Crippen molar-refractivity contribution in [2.45, 2.75) is 26.8 Å². The molecule has 5 rings (SSSR count). The Kier molecular flexibility index (Phi) is 4.78. The van der Waals surface area contributed by atoms with Gasteiger partial charge in [0.1, 0.15) is 17.1 Å². The molecule has 0 aliphatic carbocycles. The van der Waals surface area contributed by atoms with Crippen LogP contribution in [0.25, 0.3) is 11.0 Å². The first kappa shape index (κ1) is 20.3. The van der Waals surface area contributed by atoms with Gasteiger partial charge in [0.25, 0.3) is 5.91 Å². The number of nitrogens with zero attached hydrogens (tertiary/aromatic N) is 2. The molecule has 0 N–H and O–H groups in total. The van der Waals surface area contributed by atoms with Gasteiger partial charge in [-0.1, -0.05) is 28.9 Å². The Morgan fingerprint density at radius 2 is 1.97 bits per heavy atom. The molecule has 162 valence electrons. The summed E-state index contributed by atoms with van der Waals surface area (Å²) in [5, 5.41) is 4.80. The molecule has 3 heterocycles. The van der Waals surface area contributed by atoms with Gasteiger partial charge in [0.2, 0.25) is 5.76 Å². The fourth-order valence-electron chi connectivity index (χ4n) is 4.05. The number of hydrogen-bond donors (Lipinski definition) is 0. The summed E-state index contributed by atoms with van der Waals surface area (Å²) in [6.45, 7) is 5.92. The van der Waals surface area contributed by atoms with Gasteiger partial charge in [0, 0.05) is 11.1 Å². The number of fused-ring (bicyclic) bond motifs is 2. The van der Waals surface area contributed by atoms with Crippen LogP contribution in [0.2, 0.25) is 5.02 Å². The van der Waals surface area contributed by atoms with Crippen LogP contribution in [0.15, 0.2) is 56.2 Å².